The largest absolute Gasteiger partial charge is 0.381 e. The zero-order valence-corrected chi connectivity index (χ0v) is 11.6. The van der Waals surface area contributed by atoms with E-state index in [9.17, 15) is 4.39 Å². The minimum atomic E-state index is -0.276. The van der Waals surface area contributed by atoms with Gasteiger partial charge in [0.15, 0.2) is 0 Å². The van der Waals surface area contributed by atoms with E-state index in [-0.39, 0.29) is 11.9 Å². The third kappa shape index (κ3) is 3.97. The summed E-state index contributed by atoms with van der Waals surface area (Å²) in [7, 11) is 0. The van der Waals surface area contributed by atoms with Crippen molar-refractivity contribution in [3.05, 3.63) is 64.9 Å². The van der Waals surface area contributed by atoms with Crippen LogP contribution in [0.2, 0.25) is 5.02 Å². The molecular weight excluding hydrogens is 261 g/mol. The minimum Gasteiger partial charge on any atom is -0.381 e. The summed E-state index contributed by atoms with van der Waals surface area (Å²) in [4.78, 5) is 0. The lowest BCUT2D eigenvalue weighted by atomic mass is 10.0. The average molecular weight is 278 g/mol. The van der Waals surface area contributed by atoms with E-state index >= 15 is 0 Å². The fourth-order valence-corrected chi connectivity index (χ4v) is 2.20. The summed E-state index contributed by atoms with van der Waals surface area (Å²) in [6, 6.07) is 14.9. The van der Waals surface area contributed by atoms with E-state index in [0.717, 1.165) is 12.8 Å². The summed E-state index contributed by atoms with van der Waals surface area (Å²) in [6.07, 6.45) is 1.84. The van der Waals surface area contributed by atoms with Crippen LogP contribution >= 0.6 is 11.6 Å². The highest BCUT2D eigenvalue weighted by atomic mass is 35.5. The molecule has 0 aliphatic carbocycles. The number of hydrogen-bond donors (Lipinski definition) is 1. The number of nitrogens with one attached hydrogen (secondary N) is 1. The second-order valence-corrected chi connectivity index (χ2v) is 4.97. The van der Waals surface area contributed by atoms with Crippen LogP contribution in [0.1, 0.15) is 18.9 Å². The average Bonchev–Trinajstić information content (AvgIpc) is 2.43. The van der Waals surface area contributed by atoms with Crippen LogP contribution in [-0.2, 0) is 6.42 Å². The molecule has 0 saturated heterocycles. The molecule has 0 bridgehead atoms. The van der Waals surface area contributed by atoms with E-state index in [1.54, 1.807) is 6.07 Å². The van der Waals surface area contributed by atoms with E-state index in [1.807, 2.05) is 18.2 Å². The Morgan fingerprint density at radius 2 is 1.89 bits per heavy atom. The number of rotatable bonds is 5. The molecule has 0 radical (unpaired) electrons. The molecule has 1 atom stereocenters. The molecule has 0 spiro atoms. The number of halogens is 2. The minimum absolute atomic E-state index is 0.238. The second kappa shape index (κ2) is 6.58. The number of anilines is 1. The van der Waals surface area contributed by atoms with Crippen molar-refractivity contribution in [1.29, 1.82) is 0 Å². The van der Waals surface area contributed by atoms with Gasteiger partial charge in [0.1, 0.15) is 5.82 Å². The molecule has 100 valence electrons. The molecule has 19 heavy (non-hydrogen) atoms. The third-order valence-electron chi connectivity index (χ3n) is 3.11. The maximum atomic E-state index is 13.2. The van der Waals surface area contributed by atoms with Crippen molar-refractivity contribution in [2.75, 3.05) is 5.32 Å². The highest BCUT2D eigenvalue weighted by Gasteiger charge is 2.10. The molecule has 1 unspecified atom stereocenters. The van der Waals surface area contributed by atoms with Gasteiger partial charge in [0.05, 0.1) is 10.7 Å². The highest BCUT2D eigenvalue weighted by Crippen LogP contribution is 2.24. The Labute approximate surface area is 118 Å². The SMILES string of the molecule is CCC(Cc1ccccc1)Nc1cc(F)ccc1Cl. The fraction of sp³-hybridized carbons (Fsp3) is 0.250. The predicted octanol–water partition coefficient (Wildman–Crippen LogP) is 4.91. The van der Waals surface area contributed by atoms with Gasteiger partial charge in [0, 0.05) is 6.04 Å². The van der Waals surface area contributed by atoms with Gasteiger partial charge >= 0.3 is 0 Å². The van der Waals surface area contributed by atoms with Crippen LogP contribution in [-0.4, -0.2) is 6.04 Å². The summed E-state index contributed by atoms with van der Waals surface area (Å²) in [6.45, 7) is 2.10. The van der Waals surface area contributed by atoms with Crippen LogP contribution in [0, 0.1) is 5.82 Å². The van der Waals surface area contributed by atoms with Crippen molar-refractivity contribution in [3.63, 3.8) is 0 Å². The maximum Gasteiger partial charge on any atom is 0.125 e. The smallest absolute Gasteiger partial charge is 0.125 e. The first-order valence-electron chi connectivity index (χ1n) is 6.44. The summed E-state index contributed by atoms with van der Waals surface area (Å²) >= 11 is 6.07. The molecular formula is C16H17ClFN. The Morgan fingerprint density at radius 1 is 1.16 bits per heavy atom. The molecule has 0 heterocycles. The van der Waals surface area contributed by atoms with Crippen LogP contribution in [0.15, 0.2) is 48.5 Å². The Bertz CT molecular complexity index is 528. The summed E-state index contributed by atoms with van der Waals surface area (Å²) in [5.41, 5.74) is 1.92. The first kappa shape index (κ1) is 13.9. The van der Waals surface area contributed by atoms with Crippen molar-refractivity contribution in [3.8, 4) is 0 Å². The zero-order chi connectivity index (χ0) is 13.7. The van der Waals surface area contributed by atoms with E-state index in [1.165, 1.54) is 17.7 Å². The van der Waals surface area contributed by atoms with Crippen molar-refractivity contribution < 1.29 is 4.39 Å². The first-order chi connectivity index (χ1) is 9.19. The topological polar surface area (TPSA) is 12.0 Å². The standard InChI is InChI=1S/C16H17ClFN/c1-2-14(10-12-6-4-3-5-7-12)19-16-11-13(18)8-9-15(16)17/h3-9,11,14,19H,2,10H2,1H3. The molecule has 2 aromatic carbocycles. The molecule has 0 amide bonds. The Hall–Kier alpha value is -1.54. The van der Waals surface area contributed by atoms with Crippen molar-refractivity contribution in [1.82, 2.24) is 0 Å². The molecule has 1 nitrogen and oxygen atoms in total. The monoisotopic (exact) mass is 277 g/mol. The lowest BCUT2D eigenvalue weighted by Crippen LogP contribution is -2.21. The van der Waals surface area contributed by atoms with Crippen molar-refractivity contribution >= 4 is 17.3 Å². The van der Waals surface area contributed by atoms with Gasteiger partial charge in [-0.05, 0) is 36.6 Å². The van der Waals surface area contributed by atoms with Crippen molar-refractivity contribution in [2.24, 2.45) is 0 Å². The van der Waals surface area contributed by atoms with Crippen LogP contribution in [0.25, 0.3) is 0 Å². The van der Waals surface area contributed by atoms with E-state index in [0.29, 0.717) is 10.7 Å². The molecule has 2 rings (SSSR count). The summed E-state index contributed by atoms with van der Waals surface area (Å²) in [5, 5.41) is 3.86. The van der Waals surface area contributed by atoms with Crippen LogP contribution in [0.4, 0.5) is 10.1 Å². The molecule has 1 N–H and O–H groups in total. The van der Waals surface area contributed by atoms with Gasteiger partial charge in [-0.3, -0.25) is 0 Å². The van der Waals surface area contributed by atoms with Crippen molar-refractivity contribution in [2.45, 2.75) is 25.8 Å². The number of hydrogen-bond acceptors (Lipinski definition) is 1. The van der Waals surface area contributed by atoms with Gasteiger partial charge in [0.25, 0.3) is 0 Å². The van der Waals surface area contributed by atoms with Crippen LogP contribution < -0.4 is 5.32 Å². The van der Waals surface area contributed by atoms with E-state index in [4.69, 9.17) is 11.6 Å². The Balaban J connectivity index is 2.09. The molecule has 0 aromatic heterocycles. The third-order valence-corrected chi connectivity index (χ3v) is 3.44. The van der Waals surface area contributed by atoms with Gasteiger partial charge in [-0.25, -0.2) is 4.39 Å². The van der Waals surface area contributed by atoms with Gasteiger partial charge in [0.2, 0.25) is 0 Å². The lowest BCUT2D eigenvalue weighted by Gasteiger charge is -2.19. The zero-order valence-electron chi connectivity index (χ0n) is 10.9. The Kier molecular flexibility index (Phi) is 4.80. The lowest BCUT2D eigenvalue weighted by molar-refractivity contribution is 0.626. The van der Waals surface area contributed by atoms with Gasteiger partial charge in [-0.1, -0.05) is 48.9 Å². The second-order valence-electron chi connectivity index (χ2n) is 4.56. The highest BCUT2D eigenvalue weighted by molar-refractivity contribution is 6.33. The van der Waals surface area contributed by atoms with Crippen LogP contribution in [0.5, 0.6) is 0 Å². The molecule has 0 fully saturated rings. The molecule has 0 saturated carbocycles. The summed E-state index contributed by atoms with van der Waals surface area (Å²) < 4.78 is 13.2. The number of benzene rings is 2. The van der Waals surface area contributed by atoms with Gasteiger partial charge in [-0.2, -0.15) is 0 Å². The fourth-order valence-electron chi connectivity index (χ4n) is 2.02. The van der Waals surface area contributed by atoms with Gasteiger partial charge in [-0.15, -0.1) is 0 Å². The quantitative estimate of drug-likeness (QED) is 0.818. The van der Waals surface area contributed by atoms with Crippen LogP contribution in [0.3, 0.4) is 0 Å². The maximum absolute atomic E-state index is 13.2. The van der Waals surface area contributed by atoms with E-state index in [2.05, 4.69) is 24.4 Å². The van der Waals surface area contributed by atoms with E-state index < -0.39 is 0 Å². The molecule has 0 aliphatic heterocycles. The van der Waals surface area contributed by atoms with Gasteiger partial charge < -0.3 is 5.32 Å². The molecule has 2 aromatic rings. The summed E-state index contributed by atoms with van der Waals surface area (Å²) in [5.74, 6) is -0.276. The Morgan fingerprint density at radius 3 is 2.58 bits per heavy atom. The normalized spacial score (nSPS) is 12.2. The molecule has 0 aliphatic rings. The predicted molar refractivity (Wildman–Crippen MR) is 79.3 cm³/mol. The molecule has 3 heteroatoms. The first-order valence-corrected chi connectivity index (χ1v) is 6.82.